The molecule has 0 heterocycles. The maximum Gasteiger partial charge on any atom is 0.315 e. The van der Waals surface area contributed by atoms with Gasteiger partial charge in [0.05, 0.1) is 0 Å². The Hall–Kier alpha value is -0.380. The van der Waals surface area contributed by atoms with Crippen molar-refractivity contribution in [2.45, 2.75) is 56.9 Å². The molecule has 2 amide bonds. The number of amides is 2. The Bertz CT molecular complexity index is 201. The third-order valence-electron chi connectivity index (χ3n) is 2.76. The first-order valence-electron chi connectivity index (χ1n) is 5.71. The summed E-state index contributed by atoms with van der Waals surface area (Å²) in [6.45, 7) is 3.95. The number of thioether (sulfide) groups is 1. The van der Waals surface area contributed by atoms with Gasteiger partial charge in [0.15, 0.2) is 0 Å². The highest BCUT2D eigenvalue weighted by atomic mass is 32.2. The first-order valence-corrected chi connectivity index (χ1v) is 7.00. The molecule has 1 aliphatic rings. The molecule has 0 unspecified atom stereocenters. The number of nitrogens with one attached hydrogen (secondary N) is 2. The van der Waals surface area contributed by atoms with Gasteiger partial charge in [-0.3, -0.25) is 0 Å². The Kier molecular flexibility index (Phi) is 5.29. The zero-order valence-electron chi connectivity index (χ0n) is 9.88. The van der Waals surface area contributed by atoms with E-state index in [4.69, 9.17) is 0 Å². The first kappa shape index (κ1) is 12.7. The Balaban J connectivity index is 2.20. The molecule has 15 heavy (non-hydrogen) atoms. The van der Waals surface area contributed by atoms with E-state index >= 15 is 0 Å². The molecule has 4 heteroatoms. The van der Waals surface area contributed by atoms with Gasteiger partial charge >= 0.3 is 6.03 Å². The van der Waals surface area contributed by atoms with Crippen molar-refractivity contribution >= 4 is 17.8 Å². The first-order chi connectivity index (χ1) is 7.11. The predicted molar refractivity (Wildman–Crippen MR) is 66.4 cm³/mol. The van der Waals surface area contributed by atoms with Gasteiger partial charge in [0.2, 0.25) is 0 Å². The van der Waals surface area contributed by atoms with Gasteiger partial charge in [-0.1, -0.05) is 0 Å². The summed E-state index contributed by atoms with van der Waals surface area (Å²) in [5.41, 5.74) is 0. The molecule has 0 aromatic rings. The number of hydrogen-bond acceptors (Lipinski definition) is 2. The lowest BCUT2D eigenvalue weighted by atomic mass is 9.95. The van der Waals surface area contributed by atoms with Gasteiger partial charge in [-0.05, 0) is 45.8 Å². The highest BCUT2D eigenvalue weighted by molar-refractivity contribution is 7.99. The zero-order chi connectivity index (χ0) is 11.3. The SMILES string of the molecule is CSC1CCC(NC(=O)NC(C)C)CC1. The summed E-state index contributed by atoms with van der Waals surface area (Å²) in [5, 5.41) is 6.70. The molecule has 88 valence electrons. The second-order valence-corrected chi connectivity index (χ2v) is 5.62. The Morgan fingerprint density at radius 2 is 1.87 bits per heavy atom. The van der Waals surface area contributed by atoms with Crippen molar-refractivity contribution in [3.05, 3.63) is 0 Å². The molecular weight excluding hydrogens is 208 g/mol. The van der Waals surface area contributed by atoms with Crippen LogP contribution in [0.3, 0.4) is 0 Å². The van der Waals surface area contributed by atoms with Crippen LogP contribution in [0.15, 0.2) is 0 Å². The van der Waals surface area contributed by atoms with Gasteiger partial charge < -0.3 is 10.6 Å². The van der Waals surface area contributed by atoms with Crippen molar-refractivity contribution in [3.8, 4) is 0 Å². The second-order valence-electron chi connectivity index (χ2n) is 4.48. The van der Waals surface area contributed by atoms with E-state index in [1.54, 1.807) is 0 Å². The van der Waals surface area contributed by atoms with Crippen LogP contribution in [0.4, 0.5) is 4.79 Å². The van der Waals surface area contributed by atoms with Crippen molar-refractivity contribution in [2.75, 3.05) is 6.26 Å². The van der Waals surface area contributed by atoms with Gasteiger partial charge in [-0.2, -0.15) is 11.8 Å². The molecule has 1 fully saturated rings. The predicted octanol–water partition coefficient (Wildman–Crippen LogP) is 2.37. The third-order valence-corrected chi connectivity index (χ3v) is 3.90. The lowest BCUT2D eigenvalue weighted by Crippen LogP contribution is -2.46. The smallest absolute Gasteiger partial charge is 0.315 e. The van der Waals surface area contributed by atoms with Crippen LogP contribution in [0.25, 0.3) is 0 Å². The third kappa shape index (κ3) is 4.78. The Morgan fingerprint density at radius 3 is 2.33 bits per heavy atom. The fraction of sp³-hybridized carbons (Fsp3) is 0.909. The minimum Gasteiger partial charge on any atom is -0.336 e. The van der Waals surface area contributed by atoms with Crippen LogP contribution >= 0.6 is 11.8 Å². The monoisotopic (exact) mass is 230 g/mol. The average molecular weight is 230 g/mol. The number of hydrogen-bond donors (Lipinski definition) is 2. The Labute approximate surface area is 96.8 Å². The molecule has 1 rings (SSSR count). The molecule has 0 aromatic heterocycles. The molecule has 0 aromatic carbocycles. The number of carbonyl (C=O) groups is 1. The molecule has 0 bridgehead atoms. The summed E-state index contributed by atoms with van der Waals surface area (Å²) < 4.78 is 0. The molecule has 0 atom stereocenters. The normalized spacial score (nSPS) is 26.4. The van der Waals surface area contributed by atoms with Crippen molar-refractivity contribution in [3.63, 3.8) is 0 Å². The van der Waals surface area contributed by atoms with Crippen LogP contribution in [0, 0.1) is 0 Å². The van der Waals surface area contributed by atoms with Crippen LogP contribution in [-0.4, -0.2) is 29.6 Å². The number of carbonyl (C=O) groups excluding carboxylic acids is 1. The van der Waals surface area contributed by atoms with Gasteiger partial charge in [-0.25, -0.2) is 4.79 Å². The molecule has 3 nitrogen and oxygen atoms in total. The van der Waals surface area contributed by atoms with Crippen molar-refractivity contribution in [2.24, 2.45) is 0 Å². The van der Waals surface area contributed by atoms with E-state index in [1.165, 1.54) is 12.8 Å². The van der Waals surface area contributed by atoms with E-state index < -0.39 is 0 Å². The molecule has 0 aliphatic heterocycles. The zero-order valence-corrected chi connectivity index (χ0v) is 10.7. The molecule has 1 aliphatic carbocycles. The quantitative estimate of drug-likeness (QED) is 0.781. The van der Waals surface area contributed by atoms with Crippen molar-refractivity contribution < 1.29 is 4.79 Å². The second kappa shape index (κ2) is 6.26. The highest BCUT2D eigenvalue weighted by Crippen LogP contribution is 2.26. The Morgan fingerprint density at radius 1 is 1.27 bits per heavy atom. The topological polar surface area (TPSA) is 41.1 Å². The van der Waals surface area contributed by atoms with Crippen LogP contribution in [0.2, 0.25) is 0 Å². The lowest BCUT2D eigenvalue weighted by molar-refractivity contribution is 0.230. The molecule has 0 saturated heterocycles. The highest BCUT2D eigenvalue weighted by Gasteiger charge is 2.21. The summed E-state index contributed by atoms with van der Waals surface area (Å²) in [7, 11) is 0. The fourth-order valence-corrected chi connectivity index (χ4v) is 2.68. The standard InChI is InChI=1S/C11H22N2OS/c1-8(2)12-11(14)13-9-4-6-10(15-3)7-5-9/h8-10H,4-7H2,1-3H3,(H2,12,13,14). The van der Waals surface area contributed by atoms with E-state index in [9.17, 15) is 4.79 Å². The molecule has 1 saturated carbocycles. The van der Waals surface area contributed by atoms with Gasteiger partial charge in [0, 0.05) is 17.3 Å². The summed E-state index contributed by atoms with van der Waals surface area (Å²) in [6, 6.07) is 0.581. The van der Waals surface area contributed by atoms with Crippen LogP contribution in [0.5, 0.6) is 0 Å². The summed E-state index contributed by atoms with van der Waals surface area (Å²) in [4.78, 5) is 11.4. The number of urea groups is 1. The van der Waals surface area contributed by atoms with Crippen molar-refractivity contribution in [1.82, 2.24) is 10.6 Å². The van der Waals surface area contributed by atoms with Crippen LogP contribution in [-0.2, 0) is 0 Å². The summed E-state index contributed by atoms with van der Waals surface area (Å²) in [5.74, 6) is 0. The van der Waals surface area contributed by atoms with Gasteiger partial charge in [0.25, 0.3) is 0 Å². The maximum atomic E-state index is 11.4. The maximum absolute atomic E-state index is 11.4. The van der Waals surface area contributed by atoms with E-state index in [2.05, 4.69) is 16.9 Å². The van der Waals surface area contributed by atoms with Crippen LogP contribution in [0.1, 0.15) is 39.5 Å². The minimum absolute atomic E-state index is 0.0161. The lowest BCUT2D eigenvalue weighted by Gasteiger charge is -2.28. The fourth-order valence-electron chi connectivity index (χ4n) is 1.93. The molecule has 0 spiro atoms. The summed E-state index contributed by atoms with van der Waals surface area (Å²) in [6.07, 6.45) is 6.87. The molecular formula is C11H22N2OS. The van der Waals surface area contributed by atoms with Crippen LogP contribution < -0.4 is 10.6 Å². The van der Waals surface area contributed by atoms with Gasteiger partial charge in [-0.15, -0.1) is 0 Å². The molecule has 0 radical (unpaired) electrons. The van der Waals surface area contributed by atoms with Gasteiger partial charge in [0.1, 0.15) is 0 Å². The average Bonchev–Trinajstić information content (AvgIpc) is 2.17. The number of rotatable bonds is 3. The van der Waals surface area contributed by atoms with E-state index in [-0.39, 0.29) is 12.1 Å². The minimum atomic E-state index is -0.0161. The van der Waals surface area contributed by atoms with E-state index in [0.717, 1.165) is 18.1 Å². The van der Waals surface area contributed by atoms with E-state index in [1.807, 2.05) is 25.6 Å². The van der Waals surface area contributed by atoms with Crippen molar-refractivity contribution in [1.29, 1.82) is 0 Å². The summed E-state index contributed by atoms with van der Waals surface area (Å²) >= 11 is 1.95. The largest absolute Gasteiger partial charge is 0.336 e. The molecule has 2 N–H and O–H groups in total. The van der Waals surface area contributed by atoms with E-state index in [0.29, 0.717) is 6.04 Å².